The lowest BCUT2D eigenvalue weighted by molar-refractivity contribution is -0.117. The Balaban J connectivity index is 1.97. The molecule has 2 aromatic rings. The molecule has 1 aromatic carbocycles. The van der Waals surface area contributed by atoms with Gasteiger partial charge < -0.3 is 0 Å². The third kappa shape index (κ3) is 1.95. The largest absolute Gasteiger partial charge is 0.296 e. The zero-order valence-corrected chi connectivity index (χ0v) is 10.6. The summed E-state index contributed by atoms with van der Waals surface area (Å²) >= 11 is 5.82. The van der Waals surface area contributed by atoms with Gasteiger partial charge in [-0.25, -0.2) is 4.98 Å². The highest BCUT2D eigenvalue weighted by molar-refractivity contribution is 6.18. The Labute approximate surface area is 110 Å². The van der Waals surface area contributed by atoms with E-state index < -0.39 is 0 Å². The van der Waals surface area contributed by atoms with Crippen LogP contribution in [0.3, 0.4) is 0 Å². The Kier molecular flexibility index (Phi) is 2.92. The van der Waals surface area contributed by atoms with Crippen molar-refractivity contribution in [2.45, 2.75) is 6.42 Å². The SMILES string of the molecule is O=C1CC(CCl)CN1c1cc2ccccc2cn1. The van der Waals surface area contributed by atoms with Crippen LogP contribution in [0.2, 0.25) is 0 Å². The highest BCUT2D eigenvalue weighted by Gasteiger charge is 2.30. The quantitative estimate of drug-likeness (QED) is 0.778. The number of carbonyl (C=O) groups is 1. The van der Waals surface area contributed by atoms with E-state index in [1.165, 1.54) is 0 Å². The van der Waals surface area contributed by atoms with Crippen LogP contribution in [-0.2, 0) is 4.79 Å². The van der Waals surface area contributed by atoms with E-state index in [-0.39, 0.29) is 11.8 Å². The first-order valence-corrected chi connectivity index (χ1v) is 6.52. The maximum absolute atomic E-state index is 11.9. The van der Waals surface area contributed by atoms with Gasteiger partial charge in [-0.15, -0.1) is 11.6 Å². The summed E-state index contributed by atoms with van der Waals surface area (Å²) in [6.45, 7) is 0.674. The molecule has 1 unspecified atom stereocenters. The van der Waals surface area contributed by atoms with Crippen LogP contribution >= 0.6 is 11.6 Å². The monoisotopic (exact) mass is 260 g/mol. The number of hydrogen-bond acceptors (Lipinski definition) is 2. The van der Waals surface area contributed by atoms with Gasteiger partial charge in [-0.05, 0) is 17.4 Å². The average molecular weight is 261 g/mol. The van der Waals surface area contributed by atoms with E-state index in [2.05, 4.69) is 4.98 Å². The minimum absolute atomic E-state index is 0.114. The molecule has 18 heavy (non-hydrogen) atoms. The second kappa shape index (κ2) is 4.58. The van der Waals surface area contributed by atoms with E-state index in [4.69, 9.17) is 11.6 Å². The minimum atomic E-state index is 0.114. The molecule has 1 saturated heterocycles. The van der Waals surface area contributed by atoms with Gasteiger partial charge in [0.05, 0.1) is 0 Å². The summed E-state index contributed by atoms with van der Waals surface area (Å²) in [6, 6.07) is 9.97. The number of alkyl halides is 1. The molecule has 1 aliphatic heterocycles. The van der Waals surface area contributed by atoms with Crippen molar-refractivity contribution in [2.24, 2.45) is 5.92 Å². The zero-order valence-electron chi connectivity index (χ0n) is 9.84. The molecule has 0 saturated carbocycles. The van der Waals surface area contributed by atoms with Crippen molar-refractivity contribution in [3.8, 4) is 0 Å². The molecule has 3 rings (SSSR count). The molecule has 1 fully saturated rings. The van der Waals surface area contributed by atoms with Gasteiger partial charge in [-0.1, -0.05) is 24.3 Å². The molecule has 0 bridgehead atoms. The highest BCUT2D eigenvalue weighted by atomic mass is 35.5. The lowest BCUT2D eigenvalue weighted by Gasteiger charge is -2.15. The molecule has 0 N–H and O–H groups in total. The predicted octanol–water partition coefficient (Wildman–Crippen LogP) is 2.83. The first-order chi connectivity index (χ1) is 8.78. The molecule has 4 heteroatoms. The molecular formula is C14H13ClN2O. The summed E-state index contributed by atoms with van der Waals surface area (Å²) in [4.78, 5) is 18.0. The van der Waals surface area contributed by atoms with Gasteiger partial charge in [-0.2, -0.15) is 0 Å². The topological polar surface area (TPSA) is 33.2 Å². The number of carbonyl (C=O) groups excluding carboxylic acids is 1. The molecule has 0 radical (unpaired) electrons. The Morgan fingerprint density at radius 1 is 1.33 bits per heavy atom. The van der Waals surface area contributed by atoms with Gasteiger partial charge in [-0.3, -0.25) is 9.69 Å². The zero-order chi connectivity index (χ0) is 12.5. The standard InChI is InChI=1S/C14H13ClN2O/c15-7-10-5-14(18)17(9-10)13-6-11-3-1-2-4-12(11)8-16-13/h1-4,6,8,10H,5,7,9H2. The second-order valence-corrected chi connectivity index (χ2v) is 4.93. The molecule has 2 heterocycles. The molecule has 0 spiro atoms. The average Bonchev–Trinajstić information content (AvgIpc) is 2.79. The van der Waals surface area contributed by atoms with Crippen molar-refractivity contribution in [2.75, 3.05) is 17.3 Å². The van der Waals surface area contributed by atoms with Crippen LogP contribution in [0.1, 0.15) is 6.42 Å². The van der Waals surface area contributed by atoms with Gasteiger partial charge >= 0.3 is 0 Å². The van der Waals surface area contributed by atoms with Crippen molar-refractivity contribution in [1.29, 1.82) is 0 Å². The van der Waals surface area contributed by atoms with Crippen LogP contribution in [0.25, 0.3) is 10.8 Å². The van der Waals surface area contributed by atoms with Crippen LogP contribution in [0.4, 0.5) is 5.82 Å². The third-order valence-electron chi connectivity index (χ3n) is 3.32. The fraction of sp³-hybridized carbons (Fsp3) is 0.286. The minimum Gasteiger partial charge on any atom is -0.296 e. The normalized spacial score (nSPS) is 19.7. The molecule has 92 valence electrons. The van der Waals surface area contributed by atoms with Gasteiger partial charge in [0.2, 0.25) is 5.91 Å². The van der Waals surface area contributed by atoms with Gasteiger partial charge in [0.1, 0.15) is 5.82 Å². The lowest BCUT2D eigenvalue weighted by atomic mass is 10.1. The summed E-state index contributed by atoms with van der Waals surface area (Å²) in [5, 5.41) is 2.19. The summed E-state index contributed by atoms with van der Waals surface area (Å²) in [7, 11) is 0. The van der Waals surface area contributed by atoms with E-state index in [9.17, 15) is 4.79 Å². The smallest absolute Gasteiger partial charge is 0.228 e. The fourth-order valence-corrected chi connectivity index (χ4v) is 2.53. The Hall–Kier alpha value is -1.61. The van der Waals surface area contributed by atoms with E-state index in [0.717, 1.165) is 16.6 Å². The number of rotatable bonds is 2. The van der Waals surface area contributed by atoms with Crippen LogP contribution in [-0.4, -0.2) is 23.3 Å². The van der Waals surface area contributed by atoms with Gasteiger partial charge in [0, 0.05) is 30.4 Å². The summed E-state index contributed by atoms with van der Waals surface area (Å²) < 4.78 is 0. The van der Waals surface area contributed by atoms with Crippen molar-refractivity contribution in [3.63, 3.8) is 0 Å². The first-order valence-electron chi connectivity index (χ1n) is 5.99. The molecular weight excluding hydrogens is 248 g/mol. The number of halogens is 1. The van der Waals surface area contributed by atoms with Crippen molar-refractivity contribution >= 4 is 34.1 Å². The van der Waals surface area contributed by atoms with Crippen molar-refractivity contribution in [1.82, 2.24) is 4.98 Å². The molecule has 1 aromatic heterocycles. The van der Waals surface area contributed by atoms with E-state index >= 15 is 0 Å². The van der Waals surface area contributed by atoms with Crippen molar-refractivity contribution < 1.29 is 4.79 Å². The highest BCUT2D eigenvalue weighted by Crippen LogP contribution is 2.26. The molecule has 1 aliphatic rings. The fourth-order valence-electron chi connectivity index (χ4n) is 2.33. The second-order valence-electron chi connectivity index (χ2n) is 4.62. The molecule has 3 nitrogen and oxygen atoms in total. The van der Waals surface area contributed by atoms with E-state index in [1.54, 1.807) is 4.90 Å². The third-order valence-corrected chi connectivity index (χ3v) is 3.75. The van der Waals surface area contributed by atoms with Crippen LogP contribution < -0.4 is 4.90 Å². The van der Waals surface area contributed by atoms with Crippen LogP contribution in [0.5, 0.6) is 0 Å². The number of fused-ring (bicyclic) bond motifs is 1. The van der Waals surface area contributed by atoms with Crippen molar-refractivity contribution in [3.05, 3.63) is 36.5 Å². The maximum Gasteiger partial charge on any atom is 0.228 e. The molecule has 0 aliphatic carbocycles. The van der Waals surface area contributed by atoms with Gasteiger partial charge in [0.25, 0.3) is 0 Å². The first kappa shape index (κ1) is 11.5. The van der Waals surface area contributed by atoms with Crippen LogP contribution in [0.15, 0.2) is 36.5 Å². The lowest BCUT2D eigenvalue weighted by Crippen LogP contribution is -2.25. The number of aromatic nitrogens is 1. The van der Waals surface area contributed by atoms with Gasteiger partial charge in [0.15, 0.2) is 0 Å². The number of amides is 1. The van der Waals surface area contributed by atoms with Crippen LogP contribution in [0, 0.1) is 5.92 Å². The molecule has 1 amide bonds. The summed E-state index contributed by atoms with van der Waals surface area (Å²) in [5.74, 6) is 1.61. The number of hydrogen-bond donors (Lipinski definition) is 0. The Morgan fingerprint density at radius 2 is 2.11 bits per heavy atom. The maximum atomic E-state index is 11.9. The number of anilines is 1. The molecule has 1 atom stereocenters. The predicted molar refractivity (Wildman–Crippen MR) is 72.9 cm³/mol. The number of benzene rings is 1. The number of pyridine rings is 1. The number of nitrogens with zero attached hydrogens (tertiary/aromatic N) is 2. The van der Waals surface area contributed by atoms with E-state index in [0.29, 0.717) is 18.8 Å². The Morgan fingerprint density at radius 3 is 2.83 bits per heavy atom. The Bertz CT molecular complexity index is 599. The summed E-state index contributed by atoms with van der Waals surface area (Å²) in [6.07, 6.45) is 2.34. The van der Waals surface area contributed by atoms with E-state index in [1.807, 2.05) is 36.5 Å². The summed E-state index contributed by atoms with van der Waals surface area (Å²) in [5.41, 5.74) is 0.